The maximum Gasteiger partial charge on any atom is 0.412 e. The number of benzene rings is 2. The largest absolute Gasteiger partial charge is 0.412 e. The second kappa shape index (κ2) is 6.49. The van der Waals surface area contributed by atoms with E-state index in [-0.39, 0.29) is 33.3 Å². The molecule has 2 unspecified atom stereocenters. The molecular formula is C17H11Cl2F4NS. The van der Waals surface area contributed by atoms with Crippen molar-refractivity contribution < 1.29 is 17.6 Å². The molecule has 2 aromatic carbocycles. The SMILES string of the molecule is Cc1cccc(C2=NSC(c3cc(Cl)cc(Cl)c3)(C(F)(F)F)C2F)c1. The molecule has 25 heavy (non-hydrogen) atoms. The van der Waals surface area contributed by atoms with Crippen LogP contribution >= 0.6 is 35.1 Å². The Morgan fingerprint density at radius 3 is 2.28 bits per heavy atom. The summed E-state index contributed by atoms with van der Waals surface area (Å²) in [4.78, 5) is 0. The van der Waals surface area contributed by atoms with Crippen LogP contribution in [0.25, 0.3) is 0 Å². The van der Waals surface area contributed by atoms with Crippen LogP contribution in [-0.2, 0) is 4.75 Å². The van der Waals surface area contributed by atoms with E-state index in [4.69, 9.17) is 23.2 Å². The van der Waals surface area contributed by atoms with Gasteiger partial charge in [-0.3, -0.25) is 0 Å². The van der Waals surface area contributed by atoms with Gasteiger partial charge in [-0.1, -0.05) is 53.0 Å². The lowest BCUT2D eigenvalue weighted by atomic mass is 9.87. The van der Waals surface area contributed by atoms with E-state index in [0.717, 1.165) is 17.7 Å². The van der Waals surface area contributed by atoms with E-state index in [9.17, 15) is 13.2 Å². The van der Waals surface area contributed by atoms with Gasteiger partial charge < -0.3 is 0 Å². The highest BCUT2D eigenvalue weighted by molar-refractivity contribution is 7.99. The monoisotopic (exact) mass is 407 g/mol. The fourth-order valence-electron chi connectivity index (χ4n) is 2.74. The fraction of sp³-hybridized carbons (Fsp3) is 0.235. The molecule has 0 saturated heterocycles. The lowest BCUT2D eigenvalue weighted by Crippen LogP contribution is -2.47. The maximum atomic E-state index is 15.2. The molecule has 132 valence electrons. The molecule has 1 aliphatic heterocycles. The zero-order valence-corrected chi connectivity index (χ0v) is 15.1. The molecule has 0 aromatic heterocycles. The predicted molar refractivity (Wildman–Crippen MR) is 94.4 cm³/mol. The minimum Gasteiger partial charge on any atom is -0.238 e. The normalized spacial score (nSPS) is 23.6. The molecule has 0 aliphatic carbocycles. The summed E-state index contributed by atoms with van der Waals surface area (Å²) in [5.41, 5.74) is 0.510. The number of hydrogen-bond acceptors (Lipinski definition) is 2. The molecule has 0 N–H and O–H groups in total. The van der Waals surface area contributed by atoms with Crippen LogP contribution in [-0.4, -0.2) is 18.1 Å². The zero-order valence-electron chi connectivity index (χ0n) is 12.7. The molecule has 0 saturated carbocycles. The highest BCUT2D eigenvalue weighted by atomic mass is 35.5. The molecule has 1 nitrogen and oxygen atoms in total. The van der Waals surface area contributed by atoms with E-state index in [1.807, 2.05) is 0 Å². The third-order valence-electron chi connectivity index (χ3n) is 3.91. The van der Waals surface area contributed by atoms with Gasteiger partial charge in [0.1, 0.15) is 0 Å². The Morgan fingerprint density at radius 2 is 1.72 bits per heavy atom. The van der Waals surface area contributed by atoms with E-state index in [1.165, 1.54) is 12.1 Å². The average Bonchev–Trinajstić information content (AvgIpc) is 2.84. The molecule has 0 spiro atoms. The van der Waals surface area contributed by atoms with Gasteiger partial charge in [-0.05, 0) is 48.2 Å². The summed E-state index contributed by atoms with van der Waals surface area (Å²) in [5, 5.41) is 0.00543. The van der Waals surface area contributed by atoms with Crippen molar-refractivity contribution in [2.75, 3.05) is 0 Å². The predicted octanol–water partition coefficient (Wildman–Crippen LogP) is 6.55. The summed E-state index contributed by atoms with van der Waals surface area (Å²) >= 11 is 11.8. The van der Waals surface area contributed by atoms with Crippen LogP contribution in [0.1, 0.15) is 16.7 Å². The van der Waals surface area contributed by atoms with Crippen LogP contribution in [0.3, 0.4) is 0 Å². The van der Waals surface area contributed by atoms with Crippen molar-refractivity contribution in [1.29, 1.82) is 0 Å². The third-order valence-corrected chi connectivity index (χ3v) is 5.60. The fourth-order valence-corrected chi connectivity index (χ4v) is 4.23. The van der Waals surface area contributed by atoms with Gasteiger partial charge in [-0.2, -0.15) is 13.2 Å². The molecule has 3 rings (SSSR count). The third kappa shape index (κ3) is 3.15. The molecule has 8 heteroatoms. The van der Waals surface area contributed by atoms with Gasteiger partial charge in [-0.15, -0.1) is 0 Å². The number of alkyl halides is 4. The Labute approximate surface area is 156 Å². The van der Waals surface area contributed by atoms with Crippen LogP contribution in [0.15, 0.2) is 46.9 Å². The van der Waals surface area contributed by atoms with Gasteiger partial charge in [0.05, 0.1) is 5.71 Å². The van der Waals surface area contributed by atoms with E-state index in [0.29, 0.717) is 5.56 Å². The van der Waals surface area contributed by atoms with E-state index in [1.54, 1.807) is 25.1 Å². The van der Waals surface area contributed by atoms with Crippen LogP contribution in [0.4, 0.5) is 17.6 Å². The zero-order chi connectivity index (χ0) is 18.4. The van der Waals surface area contributed by atoms with Gasteiger partial charge >= 0.3 is 6.18 Å². The number of halogens is 6. The first kappa shape index (κ1) is 18.5. The Morgan fingerprint density at radius 1 is 1.08 bits per heavy atom. The summed E-state index contributed by atoms with van der Waals surface area (Å²) < 4.78 is 58.1. The Kier molecular flexibility index (Phi) is 4.81. The van der Waals surface area contributed by atoms with E-state index in [2.05, 4.69) is 4.40 Å². The number of hydrogen-bond donors (Lipinski definition) is 0. The lowest BCUT2D eigenvalue weighted by molar-refractivity contribution is -0.170. The lowest BCUT2D eigenvalue weighted by Gasteiger charge is -2.32. The first-order valence-corrected chi connectivity index (χ1v) is 8.68. The number of aryl methyl sites for hydroxylation is 1. The van der Waals surface area contributed by atoms with Crippen LogP contribution in [0.5, 0.6) is 0 Å². The van der Waals surface area contributed by atoms with Crippen LogP contribution in [0.2, 0.25) is 10.0 Å². The van der Waals surface area contributed by atoms with Crippen molar-refractivity contribution in [3.05, 3.63) is 69.2 Å². The van der Waals surface area contributed by atoms with Crippen molar-refractivity contribution in [3.63, 3.8) is 0 Å². The minimum absolute atomic E-state index is 0.00271. The topological polar surface area (TPSA) is 12.4 Å². The van der Waals surface area contributed by atoms with E-state index < -0.39 is 17.1 Å². The Hall–Kier alpha value is -1.24. The van der Waals surface area contributed by atoms with Gasteiger partial charge in [0, 0.05) is 10.0 Å². The van der Waals surface area contributed by atoms with Crippen LogP contribution < -0.4 is 0 Å². The average molecular weight is 408 g/mol. The molecular weight excluding hydrogens is 397 g/mol. The van der Waals surface area contributed by atoms with Gasteiger partial charge in [0.15, 0.2) is 10.9 Å². The maximum absolute atomic E-state index is 15.2. The van der Waals surface area contributed by atoms with E-state index >= 15 is 4.39 Å². The Balaban J connectivity index is 2.14. The highest BCUT2D eigenvalue weighted by Gasteiger charge is 2.66. The molecule has 1 heterocycles. The summed E-state index contributed by atoms with van der Waals surface area (Å²) in [6.07, 6.45) is -7.30. The van der Waals surface area contributed by atoms with Crippen molar-refractivity contribution >= 4 is 40.9 Å². The summed E-state index contributed by atoms with van der Waals surface area (Å²) in [6.45, 7) is 1.77. The molecule has 2 atom stereocenters. The van der Waals surface area contributed by atoms with Crippen molar-refractivity contribution in [3.8, 4) is 0 Å². The quantitative estimate of drug-likeness (QED) is 0.406. The first-order chi connectivity index (χ1) is 11.6. The number of rotatable bonds is 2. The van der Waals surface area contributed by atoms with Crippen molar-refractivity contribution in [2.24, 2.45) is 4.40 Å². The highest BCUT2D eigenvalue weighted by Crippen LogP contribution is 2.58. The summed E-state index contributed by atoms with van der Waals surface area (Å²) in [5.74, 6) is 0. The molecule has 0 radical (unpaired) electrons. The van der Waals surface area contributed by atoms with Gasteiger partial charge in [0.25, 0.3) is 0 Å². The van der Waals surface area contributed by atoms with Crippen molar-refractivity contribution in [1.82, 2.24) is 0 Å². The smallest absolute Gasteiger partial charge is 0.238 e. The summed E-state index contributed by atoms with van der Waals surface area (Å²) in [6, 6.07) is 10.0. The number of nitrogens with zero attached hydrogens (tertiary/aromatic N) is 1. The molecule has 0 bridgehead atoms. The minimum atomic E-state index is -4.90. The summed E-state index contributed by atoms with van der Waals surface area (Å²) in [7, 11) is 0. The molecule has 0 fully saturated rings. The molecule has 2 aromatic rings. The second-order valence-corrected chi connectivity index (χ2v) is 7.57. The standard InChI is InChI=1S/C17H11Cl2F4NS/c1-9-3-2-4-10(5-9)14-15(20)16(25-24-14,17(21,22)23)11-6-12(18)8-13(19)7-11/h2-8,15H,1H3. The van der Waals surface area contributed by atoms with Crippen LogP contribution in [0, 0.1) is 6.92 Å². The molecule has 0 amide bonds. The van der Waals surface area contributed by atoms with Gasteiger partial charge in [-0.25, -0.2) is 8.79 Å². The Bertz CT molecular complexity index is 833. The first-order valence-electron chi connectivity index (χ1n) is 7.15. The van der Waals surface area contributed by atoms with Crippen molar-refractivity contribution in [2.45, 2.75) is 24.0 Å². The van der Waals surface area contributed by atoms with Gasteiger partial charge in [0.2, 0.25) is 0 Å². The second-order valence-electron chi connectivity index (χ2n) is 5.69. The molecule has 1 aliphatic rings.